The monoisotopic (exact) mass is 258 g/mol. The Morgan fingerprint density at radius 1 is 1.16 bits per heavy atom. The maximum absolute atomic E-state index is 4.43. The molecular weight excluding hydrogens is 240 g/mol. The van der Waals surface area contributed by atoms with Crippen LogP contribution in [0.25, 0.3) is 0 Å². The second-order valence-corrected chi connectivity index (χ2v) is 4.11. The normalized spacial score (nSPS) is 10.3. The van der Waals surface area contributed by atoms with Gasteiger partial charge in [-0.25, -0.2) is 19.9 Å². The molecule has 0 radical (unpaired) electrons. The van der Waals surface area contributed by atoms with E-state index in [0.29, 0.717) is 6.54 Å². The lowest BCUT2D eigenvalue weighted by atomic mass is 10.3. The number of anilines is 2. The second-order valence-electron chi connectivity index (χ2n) is 4.11. The molecule has 0 atom stereocenters. The van der Waals surface area contributed by atoms with E-state index in [1.807, 2.05) is 33.0 Å². The lowest BCUT2D eigenvalue weighted by molar-refractivity contribution is 0.917. The highest BCUT2D eigenvalue weighted by Crippen LogP contribution is 2.12. The van der Waals surface area contributed by atoms with Gasteiger partial charge in [0, 0.05) is 25.7 Å². The lowest BCUT2D eigenvalue weighted by Gasteiger charge is -2.09. The van der Waals surface area contributed by atoms with Crippen molar-refractivity contribution in [2.75, 3.05) is 17.7 Å². The van der Waals surface area contributed by atoms with Gasteiger partial charge in [0.25, 0.3) is 0 Å². The Balaban J connectivity index is 2.10. The van der Waals surface area contributed by atoms with Crippen LogP contribution in [0.15, 0.2) is 18.3 Å². The summed E-state index contributed by atoms with van der Waals surface area (Å²) in [6.45, 7) is 4.53. The summed E-state index contributed by atoms with van der Waals surface area (Å²) in [7, 11) is 1.85. The Bertz CT molecular complexity index is 532. The molecule has 0 amide bonds. The summed E-state index contributed by atoms with van der Waals surface area (Å²) in [5.41, 5.74) is 0.940. The zero-order valence-electron chi connectivity index (χ0n) is 11.4. The van der Waals surface area contributed by atoms with Gasteiger partial charge in [-0.2, -0.15) is 0 Å². The minimum absolute atomic E-state index is 0.618. The summed E-state index contributed by atoms with van der Waals surface area (Å²) in [6.07, 6.45) is 2.56. The largest absolute Gasteiger partial charge is 0.373 e. The molecule has 0 aromatic carbocycles. The van der Waals surface area contributed by atoms with Crippen molar-refractivity contribution in [3.05, 3.63) is 35.7 Å². The van der Waals surface area contributed by atoms with Gasteiger partial charge in [0.05, 0.1) is 12.2 Å². The lowest BCUT2D eigenvalue weighted by Crippen LogP contribution is -2.07. The van der Waals surface area contributed by atoms with E-state index in [0.717, 1.165) is 35.4 Å². The third kappa shape index (κ3) is 3.61. The van der Waals surface area contributed by atoms with Gasteiger partial charge in [0.2, 0.25) is 0 Å². The summed E-state index contributed by atoms with van der Waals surface area (Å²) in [4.78, 5) is 17.2. The molecule has 0 saturated heterocycles. The van der Waals surface area contributed by atoms with Crippen molar-refractivity contribution in [1.82, 2.24) is 19.9 Å². The average molecular weight is 258 g/mol. The highest BCUT2D eigenvalue weighted by molar-refractivity contribution is 5.47. The molecule has 100 valence electrons. The van der Waals surface area contributed by atoms with E-state index in [1.54, 1.807) is 6.20 Å². The number of nitrogens with one attached hydrogen (secondary N) is 2. The summed E-state index contributed by atoms with van der Waals surface area (Å²) in [5.74, 6) is 3.20. The molecule has 0 saturated carbocycles. The molecule has 0 fully saturated rings. The van der Waals surface area contributed by atoms with Crippen molar-refractivity contribution in [3.63, 3.8) is 0 Å². The maximum Gasteiger partial charge on any atom is 0.132 e. The standard InChI is InChI=1S/C13H18N6/c1-4-11-18-12(14-3)7-13(19-11)16-8-10-5-6-15-9(2)17-10/h5-7H,4,8H2,1-3H3,(H2,14,16,18,19). The van der Waals surface area contributed by atoms with Crippen LogP contribution < -0.4 is 10.6 Å². The van der Waals surface area contributed by atoms with Crippen LogP contribution >= 0.6 is 0 Å². The van der Waals surface area contributed by atoms with Crippen LogP contribution in [0.2, 0.25) is 0 Å². The first kappa shape index (κ1) is 13.2. The van der Waals surface area contributed by atoms with E-state index in [1.165, 1.54) is 0 Å². The molecule has 0 aliphatic rings. The average Bonchev–Trinajstić information content (AvgIpc) is 2.44. The molecule has 2 aromatic rings. The van der Waals surface area contributed by atoms with Gasteiger partial charge >= 0.3 is 0 Å². The highest BCUT2D eigenvalue weighted by Gasteiger charge is 2.03. The molecule has 19 heavy (non-hydrogen) atoms. The zero-order chi connectivity index (χ0) is 13.7. The number of aromatic nitrogens is 4. The molecule has 2 N–H and O–H groups in total. The summed E-state index contributed by atoms with van der Waals surface area (Å²) in [6, 6.07) is 3.77. The van der Waals surface area contributed by atoms with Gasteiger partial charge in [-0.15, -0.1) is 0 Å². The smallest absolute Gasteiger partial charge is 0.132 e. The third-order valence-corrected chi connectivity index (χ3v) is 2.63. The van der Waals surface area contributed by atoms with Crippen LogP contribution in [-0.4, -0.2) is 27.0 Å². The van der Waals surface area contributed by atoms with Crippen LogP contribution in [-0.2, 0) is 13.0 Å². The fourth-order valence-corrected chi connectivity index (χ4v) is 1.66. The molecule has 0 unspecified atom stereocenters. The van der Waals surface area contributed by atoms with Crippen LogP contribution in [0.5, 0.6) is 0 Å². The predicted molar refractivity (Wildman–Crippen MR) is 75.1 cm³/mol. The van der Waals surface area contributed by atoms with Crippen LogP contribution in [0.1, 0.15) is 24.3 Å². The number of hydrogen-bond donors (Lipinski definition) is 2. The Morgan fingerprint density at radius 3 is 2.63 bits per heavy atom. The van der Waals surface area contributed by atoms with E-state index in [4.69, 9.17) is 0 Å². The number of hydrogen-bond acceptors (Lipinski definition) is 6. The molecule has 6 nitrogen and oxygen atoms in total. The fraction of sp³-hybridized carbons (Fsp3) is 0.385. The van der Waals surface area contributed by atoms with Crippen LogP contribution in [0.4, 0.5) is 11.6 Å². The summed E-state index contributed by atoms with van der Waals surface area (Å²) in [5, 5.41) is 6.29. The molecule has 2 heterocycles. The number of nitrogens with zero attached hydrogens (tertiary/aromatic N) is 4. The van der Waals surface area contributed by atoms with Gasteiger partial charge < -0.3 is 10.6 Å². The molecule has 2 rings (SSSR count). The topological polar surface area (TPSA) is 75.6 Å². The minimum atomic E-state index is 0.618. The highest BCUT2D eigenvalue weighted by atomic mass is 15.1. The Morgan fingerprint density at radius 2 is 1.95 bits per heavy atom. The second kappa shape index (κ2) is 6.08. The van der Waals surface area contributed by atoms with Crippen molar-refractivity contribution < 1.29 is 0 Å². The van der Waals surface area contributed by atoms with Gasteiger partial charge in [0.15, 0.2) is 0 Å². The Hall–Kier alpha value is -2.24. The molecule has 2 aromatic heterocycles. The zero-order valence-corrected chi connectivity index (χ0v) is 11.4. The Labute approximate surface area is 112 Å². The van der Waals surface area contributed by atoms with Crippen molar-refractivity contribution in [1.29, 1.82) is 0 Å². The van der Waals surface area contributed by atoms with Crippen LogP contribution in [0.3, 0.4) is 0 Å². The maximum atomic E-state index is 4.43. The van der Waals surface area contributed by atoms with Gasteiger partial charge in [-0.3, -0.25) is 0 Å². The summed E-state index contributed by atoms with van der Waals surface area (Å²) >= 11 is 0. The van der Waals surface area contributed by atoms with Crippen molar-refractivity contribution in [3.8, 4) is 0 Å². The van der Waals surface area contributed by atoms with Crippen molar-refractivity contribution in [2.24, 2.45) is 0 Å². The first-order valence-corrected chi connectivity index (χ1v) is 6.29. The first-order chi connectivity index (χ1) is 9.21. The molecule has 6 heteroatoms. The Kier molecular flexibility index (Phi) is 4.22. The van der Waals surface area contributed by atoms with E-state index < -0.39 is 0 Å². The molecule has 0 aliphatic heterocycles. The molecule has 0 spiro atoms. The van der Waals surface area contributed by atoms with E-state index >= 15 is 0 Å². The minimum Gasteiger partial charge on any atom is -0.373 e. The first-order valence-electron chi connectivity index (χ1n) is 6.29. The molecular formula is C13H18N6. The van der Waals surface area contributed by atoms with Crippen LogP contribution in [0, 0.1) is 6.92 Å². The summed E-state index contributed by atoms with van der Waals surface area (Å²) < 4.78 is 0. The fourth-order valence-electron chi connectivity index (χ4n) is 1.66. The van der Waals surface area contributed by atoms with E-state index in [-0.39, 0.29) is 0 Å². The molecule has 0 aliphatic carbocycles. The van der Waals surface area contributed by atoms with Gasteiger partial charge in [-0.05, 0) is 13.0 Å². The number of aryl methyl sites for hydroxylation is 2. The predicted octanol–water partition coefficient (Wildman–Crippen LogP) is 1.79. The molecule has 0 bridgehead atoms. The van der Waals surface area contributed by atoms with Crippen molar-refractivity contribution in [2.45, 2.75) is 26.8 Å². The van der Waals surface area contributed by atoms with Gasteiger partial charge in [-0.1, -0.05) is 6.92 Å². The van der Waals surface area contributed by atoms with E-state index in [2.05, 4.69) is 30.6 Å². The number of rotatable bonds is 5. The quantitative estimate of drug-likeness (QED) is 0.851. The van der Waals surface area contributed by atoms with Gasteiger partial charge in [0.1, 0.15) is 23.3 Å². The SMILES string of the molecule is CCc1nc(NC)cc(NCc2ccnc(C)n2)n1. The van der Waals surface area contributed by atoms with E-state index in [9.17, 15) is 0 Å². The third-order valence-electron chi connectivity index (χ3n) is 2.63. The van der Waals surface area contributed by atoms with Crippen molar-refractivity contribution >= 4 is 11.6 Å².